The van der Waals surface area contributed by atoms with Crippen molar-refractivity contribution in [2.75, 3.05) is 0 Å². The van der Waals surface area contributed by atoms with Crippen LogP contribution in [-0.4, -0.2) is 6.72 Å². The molecule has 0 saturated carbocycles. The minimum absolute atomic E-state index is 0.243. The Bertz CT molecular complexity index is 371. The molecule has 0 heterocycles. The second-order valence-corrected chi connectivity index (χ2v) is 3.54. The molecule has 0 unspecified atom stereocenters. The number of benzene rings is 1. The first-order chi connectivity index (χ1) is 6.06. The monoisotopic (exact) mass is 241 g/mol. The van der Waals surface area contributed by atoms with Crippen molar-refractivity contribution >= 4 is 28.3 Å². The molecule has 0 atom stereocenters. The molecule has 13 heavy (non-hydrogen) atoms. The molecule has 1 nitrogen and oxygen atoms in total. The maximum Gasteiger partial charge on any atom is 0.127 e. The van der Waals surface area contributed by atoms with E-state index in [-0.39, 0.29) is 5.82 Å². The minimum atomic E-state index is -0.243. The molecule has 1 aromatic rings. The Morgan fingerprint density at radius 3 is 2.69 bits per heavy atom. The third-order valence-corrected chi connectivity index (χ3v) is 2.41. The summed E-state index contributed by atoms with van der Waals surface area (Å²) in [5.74, 6) is -0.243. The quantitative estimate of drug-likeness (QED) is 0.703. The summed E-state index contributed by atoms with van der Waals surface area (Å²) in [6.45, 7) is 8.76. The third kappa shape index (κ3) is 2.04. The van der Waals surface area contributed by atoms with Gasteiger partial charge in [-0.3, -0.25) is 4.99 Å². The van der Waals surface area contributed by atoms with E-state index in [2.05, 4.69) is 34.2 Å². The number of rotatable bonds is 2. The molecule has 1 rings (SSSR count). The maximum absolute atomic E-state index is 13.0. The van der Waals surface area contributed by atoms with Gasteiger partial charge in [0.15, 0.2) is 0 Å². The lowest BCUT2D eigenvalue weighted by Crippen LogP contribution is -1.88. The standard InChI is InChI=1S/C10H9BrFN/c1-6-4-8(7(2)13-3)9(11)5-10(6)12/h4-5H,2-3H2,1H3. The Morgan fingerprint density at radius 2 is 2.15 bits per heavy atom. The molecular formula is C10H9BrFN. The van der Waals surface area contributed by atoms with Crippen LogP contribution in [0.4, 0.5) is 4.39 Å². The molecule has 0 aromatic heterocycles. The summed E-state index contributed by atoms with van der Waals surface area (Å²) < 4.78 is 13.7. The predicted molar refractivity (Wildman–Crippen MR) is 57.4 cm³/mol. The highest BCUT2D eigenvalue weighted by molar-refractivity contribution is 9.10. The molecule has 0 bridgehead atoms. The zero-order valence-corrected chi connectivity index (χ0v) is 8.86. The van der Waals surface area contributed by atoms with E-state index in [0.29, 0.717) is 15.7 Å². The molecule has 0 amide bonds. The number of hydrogen-bond donors (Lipinski definition) is 0. The van der Waals surface area contributed by atoms with E-state index >= 15 is 0 Å². The summed E-state index contributed by atoms with van der Waals surface area (Å²) in [5, 5.41) is 0. The van der Waals surface area contributed by atoms with Gasteiger partial charge in [-0.25, -0.2) is 4.39 Å². The normalized spacial score (nSPS) is 9.77. The van der Waals surface area contributed by atoms with Gasteiger partial charge in [-0.05, 0) is 47.3 Å². The van der Waals surface area contributed by atoms with Crippen molar-refractivity contribution in [3.05, 3.63) is 40.1 Å². The van der Waals surface area contributed by atoms with E-state index in [0.717, 1.165) is 5.56 Å². The molecule has 0 aliphatic rings. The predicted octanol–water partition coefficient (Wildman–Crippen LogP) is 3.57. The Kier molecular flexibility index (Phi) is 2.98. The van der Waals surface area contributed by atoms with Crippen LogP contribution >= 0.6 is 15.9 Å². The Balaban J connectivity index is 3.31. The topological polar surface area (TPSA) is 12.4 Å². The van der Waals surface area contributed by atoms with Crippen LogP contribution in [0, 0.1) is 12.7 Å². The second-order valence-electron chi connectivity index (χ2n) is 2.69. The smallest absolute Gasteiger partial charge is 0.127 e. The van der Waals surface area contributed by atoms with Crippen molar-refractivity contribution in [1.29, 1.82) is 0 Å². The molecule has 0 spiro atoms. The van der Waals surface area contributed by atoms with E-state index in [4.69, 9.17) is 0 Å². The van der Waals surface area contributed by atoms with Gasteiger partial charge in [0.25, 0.3) is 0 Å². The molecule has 68 valence electrons. The number of hydrogen-bond acceptors (Lipinski definition) is 1. The molecule has 0 saturated heterocycles. The van der Waals surface area contributed by atoms with Gasteiger partial charge in [-0.15, -0.1) is 0 Å². The van der Waals surface area contributed by atoms with Gasteiger partial charge in [0.1, 0.15) is 5.82 Å². The Labute approximate surface area is 85.1 Å². The summed E-state index contributed by atoms with van der Waals surface area (Å²) in [6.07, 6.45) is 0. The number of halogens is 2. The number of nitrogens with zero attached hydrogens (tertiary/aromatic N) is 1. The highest BCUT2D eigenvalue weighted by atomic mass is 79.9. The summed E-state index contributed by atoms with van der Waals surface area (Å²) in [4.78, 5) is 3.69. The summed E-state index contributed by atoms with van der Waals surface area (Å²) in [5.41, 5.74) is 1.88. The third-order valence-electron chi connectivity index (χ3n) is 1.75. The van der Waals surface area contributed by atoms with E-state index in [1.807, 2.05) is 0 Å². The van der Waals surface area contributed by atoms with Crippen LogP contribution in [0.2, 0.25) is 0 Å². The van der Waals surface area contributed by atoms with Crippen molar-refractivity contribution in [2.45, 2.75) is 6.92 Å². The second kappa shape index (κ2) is 3.83. The molecule has 0 aliphatic heterocycles. The lowest BCUT2D eigenvalue weighted by molar-refractivity contribution is 0.617. The fourth-order valence-corrected chi connectivity index (χ4v) is 1.51. The van der Waals surface area contributed by atoms with Crippen molar-refractivity contribution in [3.8, 4) is 0 Å². The lowest BCUT2D eigenvalue weighted by Gasteiger charge is -2.05. The first kappa shape index (κ1) is 10.1. The summed E-state index contributed by atoms with van der Waals surface area (Å²) in [7, 11) is 0. The van der Waals surface area contributed by atoms with E-state index in [9.17, 15) is 4.39 Å². The molecular weight excluding hydrogens is 233 g/mol. The van der Waals surface area contributed by atoms with Gasteiger partial charge in [0, 0.05) is 10.0 Å². The molecule has 0 radical (unpaired) electrons. The molecule has 1 aromatic carbocycles. The van der Waals surface area contributed by atoms with Gasteiger partial charge in [-0.2, -0.15) is 0 Å². The number of aliphatic imine (C=N–C) groups is 1. The highest BCUT2D eigenvalue weighted by Crippen LogP contribution is 2.26. The van der Waals surface area contributed by atoms with Gasteiger partial charge in [-0.1, -0.05) is 6.58 Å². The van der Waals surface area contributed by atoms with Crippen LogP contribution in [0.1, 0.15) is 11.1 Å². The van der Waals surface area contributed by atoms with Crippen LogP contribution in [0.5, 0.6) is 0 Å². The molecule has 0 aliphatic carbocycles. The number of aryl methyl sites for hydroxylation is 1. The van der Waals surface area contributed by atoms with E-state index in [1.54, 1.807) is 13.0 Å². The average molecular weight is 242 g/mol. The van der Waals surface area contributed by atoms with Gasteiger partial charge >= 0.3 is 0 Å². The Hall–Kier alpha value is -0.960. The van der Waals surface area contributed by atoms with Crippen molar-refractivity contribution in [2.24, 2.45) is 4.99 Å². The largest absolute Gasteiger partial charge is 0.265 e. The van der Waals surface area contributed by atoms with Gasteiger partial charge < -0.3 is 0 Å². The van der Waals surface area contributed by atoms with Crippen molar-refractivity contribution < 1.29 is 4.39 Å². The highest BCUT2D eigenvalue weighted by Gasteiger charge is 2.06. The van der Waals surface area contributed by atoms with Gasteiger partial charge in [0.05, 0.1) is 5.70 Å². The molecule has 0 N–H and O–H groups in total. The fraction of sp³-hybridized carbons (Fsp3) is 0.100. The van der Waals surface area contributed by atoms with Crippen LogP contribution in [0.3, 0.4) is 0 Å². The van der Waals surface area contributed by atoms with Gasteiger partial charge in [0.2, 0.25) is 0 Å². The summed E-state index contributed by atoms with van der Waals surface area (Å²) in [6, 6.07) is 3.09. The first-order valence-electron chi connectivity index (χ1n) is 3.68. The maximum atomic E-state index is 13.0. The summed E-state index contributed by atoms with van der Waals surface area (Å²) >= 11 is 3.23. The minimum Gasteiger partial charge on any atom is -0.265 e. The zero-order chi connectivity index (χ0) is 10.0. The molecule has 3 heteroatoms. The van der Waals surface area contributed by atoms with Crippen molar-refractivity contribution in [1.82, 2.24) is 0 Å². The van der Waals surface area contributed by atoms with E-state index in [1.165, 1.54) is 6.07 Å². The first-order valence-corrected chi connectivity index (χ1v) is 4.47. The zero-order valence-electron chi connectivity index (χ0n) is 7.27. The SMILES string of the molecule is C=NC(=C)c1cc(C)c(F)cc1Br. The van der Waals surface area contributed by atoms with Crippen molar-refractivity contribution in [3.63, 3.8) is 0 Å². The van der Waals surface area contributed by atoms with Crippen LogP contribution in [0.15, 0.2) is 28.2 Å². The van der Waals surface area contributed by atoms with Crippen LogP contribution in [0.25, 0.3) is 5.70 Å². The van der Waals surface area contributed by atoms with E-state index < -0.39 is 0 Å². The average Bonchev–Trinajstić information content (AvgIpc) is 2.10. The van der Waals surface area contributed by atoms with Crippen LogP contribution in [-0.2, 0) is 0 Å². The fourth-order valence-electron chi connectivity index (χ4n) is 0.964. The lowest BCUT2D eigenvalue weighted by atomic mass is 10.1. The molecule has 0 fully saturated rings. The Morgan fingerprint density at radius 1 is 1.54 bits per heavy atom. The van der Waals surface area contributed by atoms with Crippen LogP contribution < -0.4 is 0 Å².